The van der Waals surface area contributed by atoms with E-state index in [1.54, 1.807) is 6.92 Å². The zero-order valence-corrected chi connectivity index (χ0v) is 10.8. The van der Waals surface area contributed by atoms with Crippen LogP contribution in [0.2, 0.25) is 5.02 Å². The molecule has 0 fully saturated rings. The number of aromatic hydroxyl groups is 1. The molecular formula is C12H13ClO5. The Morgan fingerprint density at radius 3 is 2.61 bits per heavy atom. The predicted octanol–water partition coefficient (Wildman–Crippen LogP) is 2.19. The first-order chi connectivity index (χ1) is 8.49. The van der Waals surface area contributed by atoms with Gasteiger partial charge in [0.05, 0.1) is 17.7 Å². The van der Waals surface area contributed by atoms with Crippen molar-refractivity contribution in [2.75, 3.05) is 13.7 Å². The minimum Gasteiger partial charge on any atom is -0.507 e. The number of carbonyl (C=O) groups excluding carboxylic acids is 2. The molecule has 6 heteroatoms. The number of benzene rings is 1. The molecule has 1 aromatic rings. The van der Waals surface area contributed by atoms with Crippen LogP contribution in [0.3, 0.4) is 0 Å². The molecule has 0 amide bonds. The van der Waals surface area contributed by atoms with Crippen LogP contribution in [0.1, 0.15) is 23.7 Å². The van der Waals surface area contributed by atoms with Crippen molar-refractivity contribution in [3.05, 3.63) is 22.7 Å². The Balaban J connectivity index is 2.93. The number of hydrogen-bond acceptors (Lipinski definition) is 5. The predicted molar refractivity (Wildman–Crippen MR) is 65.2 cm³/mol. The first kappa shape index (κ1) is 14.3. The Morgan fingerprint density at radius 2 is 2.06 bits per heavy atom. The molecular weight excluding hydrogens is 260 g/mol. The summed E-state index contributed by atoms with van der Waals surface area (Å²) >= 11 is 5.89. The zero-order valence-electron chi connectivity index (χ0n) is 10.0. The van der Waals surface area contributed by atoms with E-state index in [4.69, 9.17) is 16.3 Å². The highest BCUT2D eigenvalue weighted by atomic mass is 35.5. The van der Waals surface area contributed by atoms with Crippen molar-refractivity contribution >= 4 is 23.4 Å². The molecule has 0 radical (unpaired) electrons. The van der Waals surface area contributed by atoms with Gasteiger partial charge in [-0.3, -0.25) is 4.79 Å². The molecule has 0 saturated carbocycles. The summed E-state index contributed by atoms with van der Waals surface area (Å²) < 4.78 is 9.46. The molecule has 0 aromatic heterocycles. The van der Waals surface area contributed by atoms with E-state index in [-0.39, 0.29) is 40.9 Å². The lowest BCUT2D eigenvalue weighted by atomic mass is 10.1. The summed E-state index contributed by atoms with van der Waals surface area (Å²) in [5.41, 5.74) is 0.132. The van der Waals surface area contributed by atoms with Crippen LogP contribution in [0.5, 0.6) is 11.5 Å². The Labute approximate surface area is 109 Å². The van der Waals surface area contributed by atoms with Gasteiger partial charge in [0.15, 0.2) is 12.4 Å². The van der Waals surface area contributed by atoms with Crippen molar-refractivity contribution in [1.82, 2.24) is 0 Å². The van der Waals surface area contributed by atoms with E-state index in [2.05, 4.69) is 4.74 Å². The van der Waals surface area contributed by atoms with Crippen LogP contribution in [-0.2, 0) is 9.53 Å². The number of Topliss-reactive ketones (excluding diaryl/α,β-unsaturated/α-hetero) is 1. The summed E-state index contributed by atoms with van der Waals surface area (Å²) in [6, 6.07) is 2.52. The SMILES string of the molecule is CCC(=O)c1cc(Cl)c(OCC(=O)OC)cc1O. The third-order valence-electron chi connectivity index (χ3n) is 2.24. The summed E-state index contributed by atoms with van der Waals surface area (Å²) in [4.78, 5) is 22.4. The molecule has 0 atom stereocenters. The number of methoxy groups -OCH3 is 1. The van der Waals surface area contributed by atoms with E-state index in [9.17, 15) is 14.7 Å². The molecule has 1 aromatic carbocycles. The lowest BCUT2D eigenvalue weighted by Gasteiger charge is -2.09. The second-order valence-electron chi connectivity index (χ2n) is 3.44. The van der Waals surface area contributed by atoms with Gasteiger partial charge < -0.3 is 14.6 Å². The van der Waals surface area contributed by atoms with Gasteiger partial charge in [-0.25, -0.2) is 4.79 Å². The summed E-state index contributed by atoms with van der Waals surface area (Å²) in [6.45, 7) is 1.36. The average molecular weight is 273 g/mol. The minimum atomic E-state index is -0.570. The molecule has 0 bridgehead atoms. The molecule has 0 unspecified atom stereocenters. The van der Waals surface area contributed by atoms with Gasteiger partial charge in [-0.15, -0.1) is 0 Å². The number of hydrogen-bond donors (Lipinski definition) is 1. The molecule has 0 saturated heterocycles. The van der Waals surface area contributed by atoms with Gasteiger partial charge in [0.1, 0.15) is 11.5 Å². The van der Waals surface area contributed by atoms with E-state index in [1.165, 1.54) is 19.2 Å². The lowest BCUT2D eigenvalue weighted by molar-refractivity contribution is -0.142. The number of carbonyl (C=O) groups is 2. The number of esters is 1. The van der Waals surface area contributed by atoms with Gasteiger partial charge in [0.25, 0.3) is 0 Å². The zero-order chi connectivity index (χ0) is 13.7. The number of halogens is 1. The van der Waals surface area contributed by atoms with E-state index in [1.807, 2.05) is 0 Å². The summed E-state index contributed by atoms with van der Waals surface area (Å²) in [7, 11) is 1.23. The lowest BCUT2D eigenvalue weighted by Crippen LogP contribution is -2.12. The third kappa shape index (κ3) is 3.37. The van der Waals surface area contributed by atoms with Crippen LogP contribution in [0.15, 0.2) is 12.1 Å². The first-order valence-electron chi connectivity index (χ1n) is 5.24. The Bertz CT molecular complexity index is 470. The smallest absolute Gasteiger partial charge is 0.343 e. The van der Waals surface area contributed by atoms with Crippen molar-refractivity contribution in [3.63, 3.8) is 0 Å². The number of rotatable bonds is 5. The molecule has 98 valence electrons. The average Bonchev–Trinajstić information content (AvgIpc) is 2.37. The molecule has 1 rings (SSSR count). The van der Waals surface area contributed by atoms with Gasteiger partial charge in [0, 0.05) is 12.5 Å². The van der Waals surface area contributed by atoms with Crippen molar-refractivity contribution in [3.8, 4) is 11.5 Å². The Morgan fingerprint density at radius 1 is 1.39 bits per heavy atom. The molecule has 0 aliphatic rings. The summed E-state index contributed by atoms with van der Waals surface area (Å²) in [5, 5.41) is 9.81. The number of phenols is 1. The van der Waals surface area contributed by atoms with Crippen molar-refractivity contribution in [1.29, 1.82) is 0 Å². The van der Waals surface area contributed by atoms with Crippen LogP contribution in [0, 0.1) is 0 Å². The van der Waals surface area contributed by atoms with E-state index in [0.29, 0.717) is 0 Å². The van der Waals surface area contributed by atoms with Crippen LogP contribution >= 0.6 is 11.6 Å². The first-order valence-corrected chi connectivity index (χ1v) is 5.62. The maximum atomic E-state index is 11.5. The molecule has 1 N–H and O–H groups in total. The van der Waals surface area contributed by atoms with Gasteiger partial charge in [-0.1, -0.05) is 18.5 Å². The minimum absolute atomic E-state index is 0.118. The highest BCUT2D eigenvalue weighted by Gasteiger charge is 2.14. The van der Waals surface area contributed by atoms with Crippen molar-refractivity contribution < 1.29 is 24.2 Å². The molecule has 0 aliphatic carbocycles. The van der Waals surface area contributed by atoms with Crippen molar-refractivity contribution in [2.45, 2.75) is 13.3 Å². The Kier molecular flexibility index (Phi) is 4.97. The maximum absolute atomic E-state index is 11.5. The number of ketones is 1. The molecule has 0 heterocycles. The van der Waals surface area contributed by atoms with Crippen LogP contribution in [0.25, 0.3) is 0 Å². The van der Waals surface area contributed by atoms with Crippen LogP contribution in [-0.4, -0.2) is 30.6 Å². The van der Waals surface area contributed by atoms with Gasteiger partial charge in [-0.2, -0.15) is 0 Å². The number of phenolic OH excluding ortho intramolecular Hbond substituents is 1. The third-order valence-corrected chi connectivity index (χ3v) is 2.54. The summed E-state index contributed by atoms with van der Waals surface area (Å²) in [5.74, 6) is -0.911. The monoisotopic (exact) mass is 272 g/mol. The number of ether oxygens (including phenoxy) is 2. The molecule has 0 aliphatic heterocycles. The normalized spacial score (nSPS) is 9.94. The topological polar surface area (TPSA) is 72.8 Å². The molecule has 18 heavy (non-hydrogen) atoms. The second kappa shape index (κ2) is 6.26. The highest BCUT2D eigenvalue weighted by Crippen LogP contribution is 2.32. The van der Waals surface area contributed by atoms with E-state index < -0.39 is 5.97 Å². The fraction of sp³-hybridized carbons (Fsp3) is 0.333. The van der Waals surface area contributed by atoms with Crippen LogP contribution in [0.4, 0.5) is 0 Å². The van der Waals surface area contributed by atoms with Crippen LogP contribution < -0.4 is 4.74 Å². The van der Waals surface area contributed by atoms with Gasteiger partial charge >= 0.3 is 5.97 Å². The largest absolute Gasteiger partial charge is 0.507 e. The van der Waals surface area contributed by atoms with E-state index >= 15 is 0 Å². The van der Waals surface area contributed by atoms with Crippen molar-refractivity contribution in [2.24, 2.45) is 0 Å². The fourth-order valence-electron chi connectivity index (χ4n) is 1.26. The van der Waals surface area contributed by atoms with Gasteiger partial charge in [-0.05, 0) is 6.07 Å². The van der Waals surface area contributed by atoms with E-state index in [0.717, 1.165) is 0 Å². The highest BCUT2D eigenvalue weighted by molar-refractivity contribution is 6.32. The second-order valence-corrected chi connectivity index (χ2v) is 3.85. The summed E-state index contributed by atoms with van der Waals surface area (Å²) in [6.07, 6.45) is 0.256. The quantitative estimate of drug-likeness (QED) is 0.657. The Hall–Kier alpha value is -1.75. The maximum Gasteiger partial charge on any atom is 0.343 e. The molecule has 0 spiro atoms. The van der Waals surface area contributed by atoms with Gasteiger partial charge in [0.2, 0.25) is 0 Å². The fourth-order valence-corrected chi connectivity index (χ4v) is 1.48. The standard InChI is InChI=1S/C12H13ClO5/c1-3-9(14)7-4-8(13)11(5-10(7)15)18-6-12(16)17-2/h4-5,15H,3,6H2,1-2H3. The molecule has 5 nitrogen and oxygen atoms in total.